The zero-order valence-electron chi connectivity index (χ0n) is 11.2. The summed E-state index contributed by atoms with van der Waals surface area (Å²) >= 11 is 0. The van der Waals surface area contributed by atoms with Crippen LogP contribution in [0.2, 0.25) is 0 Å². The summed E-state index contributed by atoms with van der Waals surface area (Å²) in [4.78, 5) is 22.5. The molecule has 116 valence electrons. The number of carbonyl (C=O) groups excluding carboxylic acids is 1. The number of nitrogens with one attached hydrogen (secondary N) is 2. The van der Waals surface area contributed by atoms with Crippen LogP contribution in [0.25, 0.3) is 0 Å². The minimum atomic E-state index is -3.32. The largest absolute Gasteiger partial charge is 0.480 e. The molecule has 9 heteroatoms. The van der Waals surface area contributed by atoms with Crippen LogP contribution in [0.5, 0.6) is 0 Å². The Balaban J connectivity index is 2.68. The van der Waals surface area contributed by atoms with Crippen LogP contribution in [-0.2, 0) is 14.6 Å². The van der Waals surface area contributed by atoms with Crippen LogP contribution in [0.3, 0.4) is 0 Å². The maximum Gasteiger partial charge on any atom is 0.326 e. The number of hydrogen-bond acceptors (Lipinski definition) is 5. The number of anilines is 1. The maximum absolute atomic E-state index is 11.6. The minimum Gasteiger partial charge on any atom is -0.480 e. The molecule has 0 saturated carbocycles. The molecule has 0 aliphatic heterocycles. The number of aliphatic hydroxyl groups is 1. The van der Waals surface area contributed by atoms with Crippen molar-refractivity contribution in [3.8, 4) is 0 Å². The standard InChI is InChI=1S/C12H16N2O6S/c1-21(19,20)9-4-2-8(3-5-9)13-12(18)14-10(6-7-15)11(16)17/h2-5,10,15H,6-7H2,1H3,(H,16,17)(H2,13,14,18)/t10-/m1/s1. The van der Waals surface area contributed by atoms with Gasteiger partial charge in [-0.2, -0.15) is 0 Å². The van der Waals surface area contributed by atoms with Gasteiger partial charge in [-0.3, -0.25) is 0 Å². The first-order valence-corrected chi connectivity index (χ1v) is 7.84. The van der Waals surface area contributed by atoms with E-state index in [-0.39, 0.29) is 17.9 Å². The molecule has 0 aromatic heterocycles. The molecular weight excluding hydrogens is 300 g/mol. The Bertz CT molecular complexity index is 611. The molecule has 0 fully saturated rings. The number of carbonyl (C=O) groups is 2. The topological polar surface area (TPSA) is 133 Å². The van der Waals surface area contributed by atoms with Gasteiger partial charge in [0, 0.05) is 25.0 Å². The van der Waals surface area contributed by atoms with Crippen molar-refractivity contribution in [1.29, 1.82) is 0 Å². The number of aliphatic carboxylic acids is 1. The summed E-state index contributed by atoms with van der Waals surface area (Å²) in [5.41, 5.74) is 0.313. The fourth-order valence-electron chi connectivity index (χ4n) is 1.50. The molecule has 0 bridgehead atoms. The van der Waals surface area contributed by atoms with Crippen LogP contribution in [0.1, 0.15) is 6.42 Å². The lowest BCUT2D eigenvalue weighted by Crippen LogP contribution is -2.43. The van der Waals surface area contributed by atoms with Gasteiger partial charge < -0.3 is 20.8 Å². The molecule has 0 radical (unpaired) electrons. The third kappa shape index (κ3) is 5.40. The molecule has 8 nitrogen and oxygen atoms in total. The van der Waals surface area contributed by atoms with Crippen LogP contribution >= 0.6 is 0 Å². The van der Waals surface area contributed by atoms with Crippen molar-refractivity contribution in [3.63, 3.8) is 0 Å². The van der Waals surface area contributed by atoms with Crippen molar-refractivity contribution < 1.29 is 28.2 Å². The zero-order valence-corrected chi connectivity index (χ0v) is 12.1. The summed E-state index contributed by atoms with van der Waals surface area (Å²) in [6.07, 6.45) is 0.949. The Hall–Kier alpha value is -2.13. The summed E-state index contributed by atoms with van der Waals surface area (Å²) in [6, 6.07) is 3.46. The Morgan fingerprint density at radius 2 is 1.81 bits per heavy atom. The lowest BCUT2D eigenvalue weighted by molar-refractivity contribution is -0.139. The summed E-state index contributed by atoms with van der Waals surface area (Å²) in [5, 5.41) is 22.1. The number of hydrogen-bond donors (Lipinski definition) is 4. The second kappa shape index (κ2) is 7.04. The Morgan fingerprint density at radius 1 is 1.24 bits per heavy atom. The van der Waals surface area contributed by atoms with E-state index in [0.717, 1.165) is 6.26 Å². The molecule has 0 aliphatic rings. The van der Waals surface area contributed by atoms with Crippen molar-refractivity contribution in [1.82, 2.24) is 5.32 Å². The van der Waals surface area contributed by atoms with Gasteiger partial charge in [-0.1, -0.05) is 0 Å². The summed E-state index contributed by atoms with van der Waals surface area (Å²) in [5.74, 6) is -1.26. The fraction of sp³-hybridized carbons (Fsp3) is 0.333. The Kier molecular flexibility index (Phi) is 5.68. The highest BCUT2D eigenvalue weighted by Crippen LogP contribution is 2.13. The molecule has 1 aromatic rings. The first kappa shape index (κ1) is 16.9. The Labute approximate surface area is 121 Å². The van der Waals surface area contributed by atoms with E-state index in [4.69, 9.17) is 10.2 Å². The predicted molar refractivity (Wildman–Crippen MR) is 74.8 cm³/mol. The predicted octanol–water partition coefficient (Wildman–Crippen LogP) is 0.0472. The number of carboxylic acid groups (broad SMARTS) is 1. The first-order chi connectivity index (χ1) is 9.74. The second-order valence-electron chi connectivity index (χ2n) is 4.30. The molecular formula is C12H16N2O6S. The van der Waals surface area contributed by atoms with Crippen molar-refractivity contribution >= 4 is 27.5 Å². The fourth-order valence-corrected chi connectivity index (χ4v) is 2.13. The van der Waals surface area contributed by atoms with E-state index < -0.39 is 27.9 Å². The highest BCUT2D eigenvalue weighted by Gasteiger charge is 2.19. The average molecular weight is 316 g/mol. The normalized spacial score (nSPS) is 12.5. The van der Waals surface area contributed by atoms with Gasteiger partial charge >= 0.3 is 12.0 Å². The monoisotopic (exact) mass is 316 g/mol. The average Bonchev–Trinajstić information content (AvgIpc) is 2.37. The number of urea groups is 1. The van der Waals surface area contributed by atoms with Gasteiger partial charge in [0.1, 0.15) is 6.04 Å². The van der Waals surface area contributed by atoms with Crippen LogP contribution in [0.4, 0.5) is 10.5 Å². The SMILES string of the molecule is CS(=O)(=O)c1ccc(NC(=O)N[C@H](CCO)C(=O)O)cc1. The van der Waals surface area contributed by atoms with Crippen molar-refractivity contribution in [2.45, 2.75) is 17.4 Å². The van der Waals surface area contributed by atoms with Crippen molar-refractivity contribution in [3.05, 3.63) is 24.3 Å². The molecule has 1 aromatic carbocycles. The van der Waals surface area contributed by atoms with Gasteiger partial charge in [-0.15, -0.1) is 0 Å². The minimum absolute atomic E-state index is 0.108. The molecule has 1 atom stereocenters. The summed E-state index contributed by atoms with van der Waals surface area (Å²) in [7, 11) is -3.32. The molecule has 0 aliphatic carbocycles. The highest BCUT2D eigenvalue weighted by molar-refractivity contribution is 7.90. The van der Waals surface area contributed by atoms with Gasteiger partial charge in [-0.05, 0) is 24.3 Å². The number of rotatable bonds is 6. The number of amides is 2. The van der Waals surface area contributed by atoms with Crippen LogP contribution in [0.15, 0.2) is 29.2 Å². The van der Waals surface area contributed by atoms with Gasteiger partial charge in [0.2, 0.25) is 0 Å². The van der Waals surface area contributed by atoms with E-state index in [1.54, 1.807) is 0 Å². The molecule has 0 saturated heterocycles. The molecule has 21 heavy (non-hydrogen) atoms. The number of benzene rings is 1. The first-order valence-electron chi connectivity index (χ1n) is 5.95. The van der Waals surface area contributed by atoms with E-state index in [2.05, 4.69) is 10.6 Å². The van der Waals surface area contributed by atoms with Crippen LogP contribution in [0, 0.1) is 0 Å². The van der Waals surface area contributed by atoms with Crippen molar-refractivity contribution in [2.24, 2.45) is 0 Å². The van der Waals surface area contributed by atoms with Gasteiger partial charge in [0.05, 0.1) is 4.90 Å². The molecule has 0 heterocycles. The lowest BCUT2D eigenvalue weighted by Gasteiger charge is -2.14. The van der Waals surface area contributed by atoms with Crippen LogP contribution < -0.4 is 10.6 Å². The van der Waals surface area contributed by atoms with E-state index in [9.17, 15) is 18.0 Å². The summed E-state index contributed by atoms with van der Waals surface area (Å²) in [6.45, 7) is -0.375. The second-order valence-corrected chi connectivity index (χ2v) is 6.31. The smallest absolute Gasteiger partial charge is 0.326 e. The lowest BCUT2D eigenvalue weighted by atomic mass is 10.2. The number of sulfone groups is 1. The van der Waals surface area contributed by atoms with E-state index in [1.165, 1.54) is 24.3 Å². The third-order valence-electron chi connectivity index (χ3n) is 2.56. The maximum atomic E-state index is 11.6. The van der Waals surface area contributed by atoms with Gasteiger partial charge in [0.15, 0.2) is 9.84 Å². The molecule has 0 spiro atoms. The quantitative estimate of drug-likeness (QED) is 0.586. The third-order valence-corrected chi connectivity index (χ3v) is 3.69. The highest BCUT2D eigenvalue weighted by atomic mass is 32.2. The number of aliphatic hydroxyl groups excluding tert-OH is 1. The van der Waals surface area contributed by atoms with E-state index >= 15 is 0 Å². The van der Waals surface area contributed by atoms with Crippen LogP contribution in [-0.4, -0.2) is 49.5 Å². The summed E-state index contributed by atoms with van der Waals surface area (Å²) < 4.78 is 22.5. The van der Waals surface area contributed by atoms with Gasteiger partial charge in [-0.25, -0.2) is 18.0 Å². The van der Waals surface area contributed by atoms with Gasteiger partial charge in [0.25, 0.3) is 0 Å². The van der Waals surface area contributed by atoms with Crippen molar-refractivity contribution in [2.75, 3.05) is 18.2 Å². The Morgan fingerprint density at radius 3 is 2.24 bits per heavy atom. The van der Waals surface area contributed by atoms with E-state index in [0.29, 0.717) is 5.69 Å². The number of carboxylic acids is 1. The zero-order chi connectivity index (χ0) is 16.0. The molecule has 0 unspecified atom stereocenters. The van der Waals surface area contributed by atoms with E-state index in [1.807, 2.05) is 0 Å². The molecule has 4 N–H and O–H groups in total. The molecule has 2 amide bonds. The molecule has 1 rings (SSSR count).